The molecule has 18 heavy (non-hydrogen) atoms. The predicted molar refractivity (Wildman–Crippen MR) is 64.0 cm³/mol. The van der Waals surface area contributed by atoms with E-state index in [1.807, 2.05) is 37.3 Å². The average molecular weight is 246 g/mol. The summed E-state index contributed by atoms with van der Waals surface area (Å²) in [7, 11) is 0. The van der Waals surface area contributed by atoms with Gasteiger partial charge in [-0.1, -0.05) is 37.3 Å². The van der Waals surface area contributed by atoms with Crippen LogP contribution in [0.4, 0.5) is 0 Å². The van der Waals surface area contributed by atoms with Gasteiger partial charge in [-0.15, -0.1) is 5.10 Å². The van der Waals surface area contributed by atoms with Crippen molar-refractivity contribution in [2.75, 3.05) is 0 Å². The number of aliphatic carboxylic acids is 1. The molecule has 6 nitrogen and oxygen atoms in total. The number of hydrogen-bond donors (Lipinski definition) is 1. The smallest absolute Gasteiger partial charge is 0.305 e. The molecule has 1 aromatic carbocycles. The van der Waals surface area contributed by atoms with Crippen molar-refractivity contribution in [3.8, 4) is 0 Å². The van der Waals surface area contributed by atoms with Gasteiger partial charge in [0.05, 0.1) is 13.0 Å². The van der Waals surface area contributed by atoms with Crippen LogP contribution in [0, 0.1) is 0 Å². The molecule has 0 saturated carbocycles. The maximum absolute atomic E-state index is 10.6. The molecule has 1 N–H and O–H groups in total. The average Bonchev–Trinajstić information content (AvgIpc) is 2.85. The molecule has 2 rings (SSSR count). The Hall–Kier alpha value is -2.24. The first-order valence-corrected chi connectivity index (χ1v) is 5.71. The molecule has 0 spiro atoms. The van der Waals surface area contributed by atoms with Gasteiger partial charge in [0, 0.05) is 5.92 Å². The number of aryl methyl sites for hydroxylation is 1. The molecule has 0 aliphatic carbocycles. The highest BCUT2D eigenvalue weighted by molar-refractivity contribution is 5.66. The molecule has 0 amide bonds. The van der Waals surface area contributed by atoms with Gasteiger partial charge in [0.1, 0.15) is 0 Å². The minimum Gasteiger partial charge on any atom is -0.481 e. The lowest BCUT2D eigenvalue weighted by molar-refractivity contribution is -0.137. The van der Waals surface area contributed by atoms with Crippen molar-refractivity contribution in [2.45, 2.75) is 25.8 Å². The van der Waals surface area contributed by atoms with E-state index in [0.717, 1.165) is 5.56 Å². The molecule has 1 aromatic heterocycles. The molecule has 1 atom stereocenters. The van der Waals surface area contributed by atoms with E-state index >= 15 is 0 Å². The first-order chi connectivity index (χ1) is 8.68. The largest absolute Gasteiger partial charge is 0.481 e. The summed E-state index contributed by atoms with van der Waals surface area (Å²) in [6, 6.07) is 9.86. The second-order valence-corrected chi connectivity index (χ2v) is 4.04. The fraction of sp³-hybridized carbons (Fsp3) is 0.333. The summed E-state index contributed by atoms with van der Waals surface area (Å²) in [5, 5.41) is 20.1. The molecular formula is C12H14N4O2. The van der Waals surface area contributed by atoms with Crippen LogP contribution in [0.5, 0.6) is 0 Å². The van der Waals surface area contributed by atoms with Crippen molar-refractivity contribution in [3.63, 3.8) is 0 Å². The predicted octanol–water partition coefficient (Wildman–Crippen LogP) is 1.30. The molecular weight excluding hydrogens is 232 g/mol. The number of rotatable bonds is 5. The summed E-state index contributed by atoms with van der Waals surface area (Å²) in [6.45, 7) is 2.28. The number of carbonyl (C=O) groups is 1. The number of benzene rings is 1. The molecule has 1 heterocycles. The quantitative estimate of drug-likeness (QED) is 0.860. The number of carboxylic acids is 1. The standard InChI is InChI=1S/C12H14N4O2/c1-9(10-5-3-2-4-6-10)12-13-14-15-16(12)8-7-11(17)18/h2-6,9H,7-8H2,1H3,(H,17,18). The van der Waals surface area contributed by atoms with Crippen molar-refractivity contribution >= 4 is 5.97 Å². The van der Waals surface area contributed by atoms with Crippen molar-refractivity contribution < 1.29 is 9.90 Å². The summed E-state index contributed by atoms with van der Waals surface area (Å²) in [5.74, 6) is -0.138. The second kappa shape index (κ2) is 5.39. The van der Waals surface area contributed by atoms with Gasteiger partial charge in [0.15, 0.2) is 5.82 Å². The summed E-state index contributed by atoms with van der Waals surface area (Å²) in [6.07, 6.45) is 0.0134. The molecule has 2 aromatic rings. The Bertz CT molecular complexity index is 524. The highest BCUT2D eigenvalue weighted by atomic mass is 16.4. The molecule has 0 radical (unpaired) electrons. The Labute approximate surface area is 104 Å². The van der Waals surface area contributed by atoms with Crippen LogP contribution < -0.4 is 0 Å². The molecule has 6 heteroatoms. The zero-order chi connectivity index (χ0) is 13.0. The van der Waals surface area contributed by atoms with E-state index in [0.29, 0.717) is 5.82 Å². The van der Waals surface area contributed by atoms with E-state index in [2.05, 4.69) is 15.5 Å². The van der Waals surface area contributed by atoms with Crippen molar-refractivity contribution in [2.24, 2.45) is 0 Å². The van der Waals surface area contributed by atoms with Crippen LogP contribution in [-0.2, 0) is 11.3 Å². The summed E-state index contributed by atoms with van der Waals surface area (Å²) >= 11 is 0. The Morgan fingerprint density at radius 3 is 2.78 bits per heavy atom. The third-order valence-electron chi connectivity index (χ3n) is 2.78. The molecule has 0 fully saturated rings. The van der Waals surface area contributed by atoms with Crippen LogP contribution in [-0.4, -0.2) is 31.3 Å². The SMILES string of the molecule is CC(c1ccccc1)c1nnnn1CCC(=O)O. The fourth-order valence-corrected chi connectivity index (χ4v) is 1.77. The van der Waals surface area contributed by atoms with Crippen LogP contribution >= 0.6 is 0 Å². The molecule has 0 aliphatic heterocycles. The van der Waals surface area contributed by atoms with E-state index < -0.39 is 5.97 Å². The highest BCUT2D eigenvalue weighted by Crippen LogP contribution is 2.21. The molecule has 0 bridgehead atoms. The van der Waals surface area contributed by atoms with Crippen LogP contribution in [0.3, 0.4) is 0 Å². The summed E-state index contributed by atoms with van der Waals surface area (Å²) in [4.78, 5) is 10.6. The minimum absolute atomic E-state index is 0.0134. The van der Waals surface area contributed by atoms with E-state index in [1.54, 1.807) is 4.68 Å². The van der Waals surface area contributed by atoms with Crippen LogP contribution in [0.2, 0.25) is 0 Å². The van der Waals surface area contributed by atoms with Gasteiger partial charge in [-0.05, 0) is 16.0 Å². The van der Waals surface area contributed by atoms with Crippen molar-refractivity contribution in [1.29, 1.82) is 0 Å². The number of carboxylic acid groups (broad SMARTS) is 1. The number of hydrogen-bond acceptors (Lipinski definition) is 4. The van der Waals surface area contributed by atoms with E-state index in [9.17, 15) is 4.79 Å². The van der Waals surface area contributed by atoms with Crippen molar-refractivity contribution in [3.05, 3.63) is 41.7 Å². The minimum atomic E-state index is -0.858. The Balaban J connectivity index is 2.18. The van der Waals surface area contributed by atoms with E-state index in [1.165, 1.54) is 0 Å². The highest BCUT2D eigenvalue weighted by Gasteiger charge is 2.16. The van der Waals surface area contributed by atoms with Gasteiger partial charge >= 0.3 is 5.97 Å². The zero-order valence-corrected chi connectivity index (χ0v) is 10.0. The molecule has 94 valence electrons. The Morgan fingerprint density at radius 1 is 1.39 bits per heavy atom. The second-order valence-electron chi connectivity index (χ2n) is 4.04. The maximum Gasteiger partial charge on any atom is 0.305 e. The fourth-order valence-electron chi connectivity index (χ4n) is 1.77. The first-order valence-electron chi connectivity index (χ1n) is 5.71. The van der Waals surface area contributed by atoms with Crippen LogP contribution in [0.25, 0.3) is 0 Å². The third-order valence-corrected chi connectivity index (χ3v) is 2.78. The topological polar surface area (TPSA) is 80.9 Å². The summed E-state index contributed by atoms with van der Waals surface area (Å²) < 4.78 is 1.55. The zero-order valence-electron chi connectivity index (χ0n) is 10.0. The third kappa shape index (κ3) is 2.71. The molecule has 0 saturated heterocycles. The molecule has 1 unspecified atom stereocenters. The van der Waals surface area contributed by atoms with Gasteiger partial charge in [-0.25, -0.2) is 4.68 Å². The molecule has 0 aliphatic rings. The van der Waals surface area contributed by atoms with Gasteiger partial charge in [-0.2, -0.15) is 0 Å². The van der Waals surface area contributed by atoms with Crippen LogP contribution in [0.15, 0.2) is 30.3 Å². The number of aromatic nitrogens is 4. The number of tetrazole rings is 1. The lowest BCUT2D eigenvalue weighted by Crippen LogP contribution is -2.12. The van der Waals surface area contributed by atoms with E-state index in [-0.39, 0.29) is 18.9 Å². The number of nitrogens with zero attached hydrogens (tertiary/aromatic N) is 4. The monoisotopic (exact) mass is 246 g/mol. The van der Waals surface area contributed by atoms with Gasteiger partial charge in [0.25, 0.3) is 0 Å². The lowest BCUT2D eigenvalue weighted by Gasteiger charge is -2.11. The van der Waals surface area contributed by atoms with Crippen molar-refractivity contribution in [1.82, 2.24) is 20.2 Å². The van der Waals surface area contributed by atoms with Gasteiger partial charge in [0.2, 0.25) is 0 Å². The lowest BCUT2D eigenvalue weighted by atomic mass is 10.0. The van der Waals surface area contributed by atoms with Gasteiger partial charge in [-0.3, -0.25) is 4.79 Å². The van der Waals surface area contributed by atoms with E-state index in [4.69, 9.17) is 5.11 Å². The summed E-state index contributed by atoms with van der Waals surface area (Å²) in [5.41, 5.74) is 1.10. The van der Waals surface area contributed by atoms with Gasteiger partial charge < -0.3 is 5.11 Å². The van der Waals surface area contributed by atoms with Crippen LogP contribution in [0.1, 0.15) is 30.7 Å². The first kappa shape index (κ1) is 12.2. The maximum atomic E-state index is 10.6. The Morgan fingerprint density at radius 2 is 2.11 bits per heavy atom. The normalized spacial score (nSPS) is 12.3. The Kier molecular flexibility index (Phi) is 3.66.